The Balaban J connectivity index is 0. The fraction of sp³-hybridized carbons (Fsp3) is 0.400. The van der Waals surface area contributed by atoms with E-state index in [0.29, 0.717) is 0 Å². The average Bonchev–Trinajstić information content (AvgIpc) is 2.04. The van der Waals surface area contributed by atoms with Gasteiger partial charge in [-0.1, -0.05) is 44.2 Å². The van der Waals surface area contributed by atoms with Gasteiger partial charge < -0.3 is 0 Å². The van der Waals surface area contributed by atoms with Gasteiger partial charge in [0.2, 0.25) is 0 Å². The van der Waals surface area contributed by atoms with Crippen LogP contribution in [0.1, 0.15) is 27.7 Å². The molecule has 0 heterocycles. The second kappa shape index (κ2) is 9.57. The molecule has 0 N–H and O–H groups in total. The molecule has 0 rings (SSSR count). The summed E-state index contributed by atoms with van der Waals surface area (Å²) in [4.78, 5) is 1.01. The fourth-order valence-corrected chi connectivity index (χ4v) is 0.395. The Bertz CT molecular complexity index is 148. The minimum Gasteiger partial charge on any atom is -0.148 e. The molecule has 0 aliphatic carbocycles. The predicted molar refractivity (Wildman–Crippen MR) is 58.0 cm³/mol. The standard InChI is InChI=1S/C8H12S.C2H6/c1-4-7(2)5-6-8(3)9;1-2/h4-6,9H,1H2,2-3H3;1-2H3/b7-5-,8-6+;. The minimum atomic E-state index is 1.01. The van der Waals surface area contributed by atoms with Crippen molar-refractivity contribution in [3.8, 4) is 0 Å². The van der Waals surface area contributed by atoms with Gasteiger partial charge in [-0.05, 0) is 18.8 Å². The van der Waals surface area contributed by atoms with E-state index >= 15 is 0 Å². The summed E-state index contributed by atoms with van der Waals surface area (Å²) >= 11 is 4.09. The quantitative estimate of drug-likeness (QED) is 0.470. The molecule has 11 heavy (non-hydrogen) atoms. The van der Waals surface area contributed by atoms with E-state index in [1.54, 1.807) is 0 Å². The van der Waals surface area contributed by atoms with Crippen LogP contribution in [0.2, 0.25) is 0 Å². The van der Waals surface area contributed by atoms with Crippen molar-refractivity contribution in [2.45, 2.75) is 27.7 Å². The van der Waals surface area contributed by atoms with Gasteiger partial charge >= 0.3 is 0 Å². The van der Waals surface area contributed by atoms with E-state index in [1.807, 2.05) is 45.9 Å². The van der Waals surface area contributed by atoms with Crippen LogP contribution >= 0.6 is 12.6 Å². The second-order valence-electron chi connectivity index (χ2n) is 1.92. The highest BCUT2D eigenvalue weighted by Gasteiger charge is 1.75. The number of hydrogen-bond acceptors (Lipinski definition) is 1. The topological polar surface area (TPSA) is 0 Å². The van der Waals surface area contributed by atoms with E-state index in [-0.39, 0.29) is 0 Å². The van der Waals surface area contributed by atoms with Crippen molar-refractivity contribution in [1.29, 1.82) is 0 Å². The van der Waals surface area contributed by atoms with Gasteiger partial charge in [0.15, 0.2) is 0 Å². The molecule has 0 fully saturated rings. The van der Waals surface area contributed by atoms with Crippen molar-refractivity contribution in [2.24, 2.45) is 0 Å². The van der Waals surface area contributed by atoms with Crippen LogP contribution in [0.3, 0.4) is 0 Å². The van der Waals surface area contributed by atoms with E-state index in [2.05, 4.69) is 19.2 Å². The minimum absolute atomic E-state index is 1.01. The van der Waals surface area contributed by atoms with Crippen LogP contribution in [-0.4, -0.2) is 0 Å². The summed E-state index contributed by atoms with van der Waals surface area (Å²) in [6.07, 6.45) is 5.74. The van der Waals surface area contributed by atoms with Crippen LogP contribution in [0.5, 0.6) is 0 Å². The Morgan fingerprint density at radius 1 is 1.18 bits per heavy atom. The van der Waals surface area contributed by atoms with Gasteiger partial charge in [-0.15, -0.1) is 12.6 Å². The van der Waals surface area contributed by atoms with E-state index in [0.717, 1.165) is 10.5 Å². The van der Waals surface area contributed by atoms with Crippen LogP contribution in [0.4, 0.5) is 0 Å². The van der Waals surface area contributed by atoms with Gasteiger partial charge in [-0.3, -0.25) is 0 Å². The van der Waals surface area contributed by atoms with Crippen molar-refractivity contribution in [3.63, 3.8) is 0 Å². The third-order valence-electron chi connectivity index (χ3n) is 0.909. The Hall–Kier alpha value is -0.430. The molecule has 0 bridgehead atoms. The lowest BCUT2D eigenvalue weighted by atomic mass is 10.3. The molecule has 0 aromatic heterocycles. The first-order chi connectivity index (χ1) is 5.16. The van der Waals surface area contributed by atoms with Gasteiger partial charge in [0.25, 0.3) is 0 Å². The molecule has 0 nitrogen and oxygen atoms in total. The Morgan fingerprint density at radius 3 is 1.91 bits per heavy atom. The third kappa shape index (κ3) is 12.7. The summed E-state index contributed by atoms with van der Waals surface area (Å²) in [6, 6.07) is 0. The molecule has 64 valence electrons. The van der Waals surface area contributed by atoms with Crippen molar-refractivity contribution >= 4 is 12.6 Å². The first-order valence-corrected chi connectivity index (χ1v) is 4.28. The van der Waals surface area contributed by atoms with E-state index in [1.165, 1.54) is 0 Å². The molecule has 0 amide bonds. The molecule has 0 saturated carbocycles. The molecule has 0 aliphatic heterocycles. The molecular formula is C10H18S. The van der Waals surface area contributed by atoms with Crippen molar-refractivity contribution in [2.75, 3.05) is 0 Å². The summed E-state index contributed by atoms with van der Waals surface area (Å²) < 4.78 is 0. The maximum Gasteiger partial charge on any atom is -0.0215 e. The van der Waals surface area contributed by atoms with Crippen LogP contribution < -0.4 is 0 Å². The summed E-state index contributed by atoms with van der Waals surface area (Å²) in [5.74, 6) is 0. The van der Waals surface area contributed by atoms with Crippen LogP contribution in [0.15, 0.2) is 35.3 Å². The number of allylic oxidation sites excluding steroid dienone is 5. The highest BCUT2D eigenvalue weighted by Crippen LogP contribution is 2.00. The molecule has 0 aromatic rings. The molecule has 0 spiro atoms. The molecule has 0 saturated heterocycles. The molecule has 0 unspecified atom stereocenters. The fourth-order valence-electron chi connectivity index (χ4n) is 0.320. The van der Waals surface area contributed by atoms with Gasteiger partial charge in [0, 0.05) is 0 Å². The molecule has 1 heteroatoms. The zero-order valence-corrected chi connectivity index (χ0v) is 8.78. The summed E-state index contributed by atoms with van der Waals surface area (Å²) in [5, 5.41) is 0. The maximum absolute atomic E-state index is 4.09. The molecule has 0 aromatic carbocycles. The summed E-state index contributed by atoms with van der Waals surface area (Å²) in [5.41, 5.74) is 1.16. The molecule has 0 aliphatic rings. The van der Waals surface area contributed by atoms with Crippen molar-refractivity contribution in [1.82, 2.24) is 0 Å². The molecule has 0 atom stereocenters. The average molecular weight is 170 g/mol. The Labute approximate surface area is 76.1 Å². The largest absolute Gasteiger partial charge is 0.148 e. The molecular weight excluding hydrogens is 152 g/mol. The first kappa shape index (κ1) is 13.2. The van der Waals surface area contributed by atoms with E-state index in [4.69, 9.17) is 0 Å². The van der Waals surface area contributed by atoms with Crippen LogP contribution in [0, 0.1) is 0 Å². The van der Waals surface area contributed by atoms with Gasteiger partial charge in [-0.2, -0.15) is 0 Å². The van der Waals surface area contributed by atoms with Gasteiger partial charge in [0.1, 0.15) is 0 Å². The van der Waals surface area contributed by atoms with Gasteiger partial charge in [-0.25, -0.2) is 0 Å². The van der Waals surface area contributed by atoms with Crippen LogP contribution in [-0.2, 0) is 0 Å². The third-order valence-corrected chi connectivity index (χ3v) is 1.06. The SMILES string of the molecule is C=C/C(C)=C\C=C(/C)S.CC. The lowest BCUT2D eigenvalue weighted by molar-refractivity contribution is 1.50. The Morgan fingerprint density at radius 2 is 1.64 bits per heavy atom. The number of rotatable bonds is 2. The van der Waals surface area contributed by atoms with Crippen molar-refractivity contribution < 1.29 is 0 Å². The number of hydrogen-bond donors (Lipinski definition) is 1. The predicted octanol–water partition coefficient (Wildman–Crippen LogP) is 3.98. The lowest BCUT2D eigenvalue weighted by Gasteiger charge is -1.85. The smallest absolute Gasteiger partial charge is 0.0215 e. The van der Waals surface area contributed by atoms with Crippen molar-refractivity contribution in [3.05, 3.63) is 35.3 Å². The highest BCUT2D eigenvalue weighted by atomic mass is 32.1. The van der Waals surface area contributed by atoms with E-state index in [9.17, 15) is 0 Å². The maximum atomic E-state index is 4.09. The van der Waals surface area contributed by atoms with Gasteiger partial charge in [0.05, 0.1) is 0 Å². The lowest BCUT2D eigenvalue weighted by Crippen LogP contribution is -1.63. The zero-order valence-electron chi connectivity index (χ0n) is 7.89. The first-order valence-electron chi connectivity index (χ1n) is 3.83. The monoisotopic (exact) mass is 170 g/mol. The zero-order chi connectivity index (χ0) is 9.28. The highest BCUT2D eigenvalue weighted by molar-refractivity contribution is 7.84. The molecule has 0 radical (unpaired) electrons. The van der Waals surface area contributed by atoms with E-state index < -0.39 is 0 Å². The Kier molecular flexibility index (Phi) is 11.5. The normalized spacial score (nSPS) is 11.7. The summed E-state index contributed by atoms with van der Waals surface area (Å²) in [6.45, 7) is 11.6. The van der Waals surface area contributed by atoms with Crippen LogP contribution in [0.25, 0.3) is 0 Å². The summed E-state index contributed by atoms with van der Waals surface area (Å²) in [7, 11) is 0. The number of thiol groups is 1. The second-order valence-corrected chi connectivity index (χ2v) is 2.63.